The van der Waals surface area contributed by atoms with Crippen molar-refractivity contribution >= 4 is 16.9 Å². The molecule has 18 heavy (non-hydrogen) atoms. The predicted molar refractivity (Wildman–Crippen MR) is 69.5 cm³/mol. The van der Waals surface area contributed by atoms with E-state index < -0.39 is 0 Å². The highest BCUT2D eigenvalue weighted by Gasteiger charge is 2.24. The predicted octanol–water partition coefficient (Wildman–Crippen LogP) is 0.997. The summed E-state index contributed by atoms with van der Waals surface area (Å²) in [5.74, 6) is 0.0696. The molecule has 1 aliphatic heterocycles. The minimum Gasteiger partial charge on any atom is -0.345 e. The summed E-state index contributed by atoms with van der Waals surface area (Å²) in [7, 11) is 1.87. The maximum Gasteiger partial charge on any atom is 0.253 e. The zero-order valence-electron chi connectivity index (χ0n) is 10.3. The summed E-state index contributed by atoms with van der Waals surface area (Å²) in [6.45, 7) is 1.87. The number of fused-ring (bicyclic) bond motifs is 1. The van der Waals surface area contributed by atoms with Gasteiger partial charge < -0.3 is 15.2 Å². The van der Waals surface area contributed by atoms with Crippen LogP contribution in [-0.4, -0.2) is 47.0 Å². The third-order valence-corrected chi connectivity index (χ3v) is 3.57. The van der Waals surface area contributed by atoms with Gasteiger partial charge in [-0.15, -0.1) is 0 Å². The van der Waals surface area contributed by atoms with E-state index in [0.717, 1.165) is 30.5 Å². The molecule has 1 aliphatic rings. The number of H-pyrrole nitrogens is 1. The molecule has 0 saturated carbocycles. The Morgan fingerprint density at radius 1 is 1.50 bits per heavy atom. The van der Waals surface area contributed by atoms with Gasteiger partial charge in [-0.3, -0.25) is 4.79 Å². The first-order chi connectivity index (χ1) is 8.75. The Morgan fingerprint density at radius 2 is 2.39 bits per heavy atom. The fraction of sp³-hybridized carbons (Fsp3) is 0.385. The van der Waals surface area contributed by atoms with Crippen LogP contribution in [0.3, 0.4) is 0 Å². The second-order valence-electron chi connectivity index (χ2n) is 4.70. The van der Waals surface area contributed by atoms with Crippen LogP contribution in [0, 0.1) is 0 Å². The Balaban J connectivity index is 1.86. The second-order valence-corrected chi connectivity index (χ2v) is 4.70. The summed E-state index contributed by atoms with van der Waals surface area (Å²) in [4.78, 5) is 21.4. The summed E-state index contributed by atoms with van der Waals surface area (Å²) in [5.41, 5.74) is 2.50. The number of carbonyl (C=O) groups is 1. The second kappa shape index (κ2) is 4.42. The Kier molecular flexibility index (Phi) is 2.76. The van der Waals surface area contributed by atoms with Crippen LogP contribution in [0.2, 0.25) is 0 Å². The number of carbonyl (C=O) groups excluding carboxylic acids is 1. The lowest BCUT2D eigenvalue weighted by Gasteiger charge is -2.23. The van der Waals surface area contributed by atoms with Gasteiger partial charge in [-0.05, 0) is 31.2 Å². The quantitative estimate of drug-likeness (QED) is 0.828. The van der Waals surface area contributed by atoms with E-state index in [0.29, 0.717) is 11.6 Å². The molecule has 1 aromatic heterocycles. The van der Waals surface area contributed by atoms with E-state index in [9.17, 15) is 4.79 Å². The fourth-order valence-corrected chi connectivity index (χ4v) is 2.41. The van der Waals surface area contributed by atoms with Crippen LogP contribution >= 0.6 is 0 Å². The number of hydrogen-bond donors (Lipinski definition) is 2. The molecule has 0 radical (unpaired) electrons. The van der Waals surface area contributed by atoms with Gasteiger partial charge in [0.05, 0.1) is 17.4 Å². The standard InChI is InChI=1S/C13H16N4O/c1-17(10-4-5-14-7-10)13(18)9-2-3-11-12(6-9)16-8-15-11/h2-3,6,8,10,14H,4-5,7H2,1H3,(H,15,16). The van der Waals surface area contributed by atoms with Crippen LogP contribution in [0.5, 0.6) is 0 Å². The monoisotopic (exact) mass is 244 g/mol. The van der Waals surface area contributed by atoms with E-state index in [1.807, 2.05) is 30.1 Å². The number of benzene rings is 1. The van der Waals surface area contributed by atoms with Crippen molar-refractivity contribution in [1.82, 2.24) is 20.2 Å². The summed E-state index contributed by atoms with van der Waals surface area (Å²) in [6, 6.07) is 5.88. The van der Waals surface area contributed by atoms with E-state index in [1.165, 1.54) is 0 Å². The zero-order chi connectivity index (χ0) is 12.5. The van der Waals surface area contributed by atoms with Gasteiger partial charge in [-0.1, -0.05) is 0 Å². The van der Waals surface area contributed by atoms with E-state index in [-0.39, 0.29) is 5.91 Å². The molecule has 1 amide bonds. The highest BCUT2D eigenvalue weighted by molar-refractivity contribution is 5.97. The Hall–Kier alpha value is -1.88. The van der Waals surface area contributed by atoms with Gasteiger partial charge in [0, 0.05) is 25.2 Å². The Bertz CT molecular complexity index is 571. The van der Waals surface area contributed by atoms with Gasteiger partial charge in [0.1, 0.15) is 0 Å². The minimum atomic E-state index is 0.0696. The number of likely N-dealkylation sites (N-methyl/N-ethyl adjacent to an activating group) is 1. The SMILES string of the molecule is CN(C(=O)c1ccc2nc[nH]c2c1)C1CCNC1. The average Bonchev–Trinajstić information content (AvgIpc) is 3.06. The molecular formula is C13H16N4O. The minimum absolute atomic E-state index is 0.0696. The lowest BCUT2D eigenvalue weighted by atomic mass is 10.1. The maximum absolute atomic E-state index is 12.4. The van der Waals surface area contributed by atoms with Crippen LogP contribution in [0.25, 0.3) is 11.0 Å². The molecule has 2 N–H and O–H groups in total. The average molecular weight is 244 g/mol. The molecule has 2 heterocycles. The fourth-order valence-electron chi connectivity index (χ4n) is 2.41. The number of aromatic nitrogens is 2. The van der Waals surface area contributed by atoms with Crippen LogP contribution in [0.4, 0.5) is 0 Å². The molecule has 2 aromatic rings. The largest absolute Gasteiger partial charge is 0.345 e. The normalized spacial score (nSPS) is 19.3. The zero-order valence-corrected chi connectivity index (χ0v) is 10.3. The van der Waals surface area contributed by atoms with Crippen LogP contribution < -0.4 is 5.32 Å². The summed E-state index contributed by atoms with van der Waals surface area (Å²) in [6.07, 6.45) is 2.66. The van der Waals surface area contributed by atoms with Crippen LogP contribution in [0.1, 0.15) is 16.8 Å². The highest BCUT2D eigenvalue weighted by atomic mass is 16.2. The first-order valence-electron chi connectivity index (χ1n) is 6.17. The highest BCUT2D eigenvalue weighted by Crippen LogP contribution is 2.15. The molecule has 1 fully saturated rings. The summed E-state index contributed by atoms with van der Waals surface area (Å²) >= 11 is 0. The number of nitrogens with zero attached hydrogens (tertiary/aromatic N) is 2. The number of aromatic amines is 1. The molecule has 0 bridgehead atoms. The summed E-state index contributed by atoms with van der Waals surface area (Å²) < 4.78 is 0. The van der Waals surface area contributed by atoms with Crippen molar-refractivity contribution in [3.8, 4) is 0 Å². The van der Waals surface area contributed by atoms with Crippen molar-refractivity contribution < 1.29 is 4.79 Å². The smallest absolute Gasteiger partial charge is 0.253 e. The van der Waals surface area contributed by atoms with Crippen LogP contribution in [-0.2, 0) is 0 Å². The molecule has 0 aliphatic carbocycles. The molecule has 0 spiro atoms. The van der Waals surface area contributed by atoms with Crippen molar-refractivity contribution in [3.05, 3.63) is 30.1 Å². The molecule has 1 saturated heterocycles. The van der Waals surface area contributed by atoms with Gasteiger partial charge in [-0.2, -0.15) is 0 Å². The lowest BCUT2D eigenvalue weighted by molar-refractivity contribution is 0.0744. The number of hydrogen-bond acceptors (Lipinski definition) is 3. The number of rotatable bonds is 2. The lowest BCUT2D eigenvalue weighted by Crippen LogP contribution is -2.38. The van der Waals surface area contributed by atoms with Gasteiger partial charge in [-0.25, -0.2) is 4.98 Å². The van der Waals surface area contributed by atoms with Gasteiger partial charge >= 0.3 is 0 Å². The van der Waals surface area contributed by atoms with Gasteiger partial charge in [0.15, 0.2) is 0 Å². The van der Waals surface area contributed by atoms with Crippen molar-refractivity contribution in [3.63, 3.8) is 0 Å². The Morgan fingerprint density at radius 3 is 3.17 bits per heavy atom. The van der Waals surface area contributed by atoms with Crippen LogP contribution in [0.15, 0.2) is 24.5 Å². The van der Waals surface area contributed by atoms with Gasteiger partial charge in [0.2, 0.25) is 0 Å². The summed E-state index contributed by atoms with van der Waals surface area (Å²) in [5, 5.41) is 3.28. The molecule has 5 nitrogen and oxygen atoms in total. The molecular weight excluding hydrogens is 228 g/mol. The first-order valence-corrected chi connectivity index (χ1v) is 6.17. The Labute approximate surface area is 105 Å². The molecule has 1 aromatic carbocycles. The van der Waals surface area contributed by atoms with E-state index in [4.69, 9.17) is 0 Å². The van der Waals surface area contributed by atoms with Crippen molar-refractivity contribution in [2.75, 3.05) is 20.1 Å². The number of nitrogens with one attached hydrogen (secondary N) is 2. The van der Waals surface area contributed by atoms with E-state index >= 15 is 0 Å². The van der Waals surface area contributed by atoms with Crippen molar-refractivity contribution in [2.24, 2.45) is 0 Å². The molecule has 3 rings (SSSR count). The van der Waals surface area contributed by atoms with E-state index in [1.54, 1.807) is 6.33 Å². The molecule has 94 valence electrons. The van der Waals surface area contributed by atoms with E-state index in [2.05, 4.69) is 15.3 Å². The first kappa shape index (κ1) is 11.2. The topological polar surface area (TPSA) is 61.0 Å². The van der Waals surface area contributed by atoms with Gasteiger partial charge in [0.25, 0.3) is 5.91 Å². The third-order valence-electron chi connectivity index (χ3n) is 3.57. The third kappa shape index (κ3) is 1.86. The molecule has 1 unspecified atom stereocenters. The number of imidazole rings is 1. The maximum atomic E-state index is 12.4. The molecule has 1 atom stereocenters. The van der Waals surface area contributed by atoms with Crippen molar-refractivity contribution in [1.29, 1.82) is 0 Å². The number of amides is 1. The molecule has 5 heteroatoms. The van der Waals surface area contributed by atoms with Crippen molar-refractivity contribution in [2.45, 2.75) is 12.5 Å².